The van der Waals surface area contributed by atoms with Gasteiger partial charge in [0.15, 0.2) is 5.78 Å². The number of ether oxygens (including phenoxy) is 1. The van der Waals surface area contributed by atoms with Crippen LogP contribution in [0, 0.1) is 0 Å². The number of nitrogens with zero attached hydrogens (tertiary/aromatic N) is 1. The molecular weight excluding hydrogens is 514 g/mol. The van der Waals surface area contributed by atoms with E-state index < -0.39 is 5.78 Å². The zero-order valence-electron chi connectivity index (χ0n) is 25.9. The summed E-state index contributed by atoms with van der Waals surface area (Å²) in [6.45, 7) is 7.26. The van der Waals surface area contributed by atoms with Gasteiger partial charge < -0.3 is 19.4 Å². The summed E-state index contributed by atoms with van der Waals surface area (Å²) >= 11 is 0. The molecule has 0 amide bonds. The second-order valence-electron chi connectivity index (χ2n) is 12.2. The molecule has 1 aliphatic rings. The molecule has 0 aliphatic heterocycles. The Balaban J connectivity index is 1.77. The molecule has 0 saturated heterocycles. The summed E-state index contributed by atoms with van der Waals surface area (Å²) in [6.07, 6.45) is 17.6. The fraction of sp³-hybridized carbons (Fsp3) is 0.600. The van der Waals surface area contributed by atoms with Crippen molar-refractivity contribution in [3.05, 3.63) is 52.1 Å². The van der Waals surface area contributed by atoms with Gasteiger partial charge in [-0.2, -0.15) is 0 Å². The number of ketones is 2. The third kappa shape index (κ3) is 8.81. The maximum Gasteiger partial charge on any atom is 0.201 e. The number of rotatable bonds is 19. The van der Waals surface area contributed by atoms with Crippen LogP contribution in [0.1, 0.15) is 141 Å². The molecule has 2 aromatic carbocycles. The molecule has 0 heterocycles. The zero-order chi connectivity index (χ0) is 29.8. The van der Waals surface area contributed by atoms with Gasteiger partial charge in [-0.15, -0.1) is 0 Å². The first-order chi connectivity index (χ1) is 19.7. The number of methoxy groups -OCH3 is 1. The van der Waals surface area contributed by atoms with Crippen molar-refractivity contribution in [1.82, 2.24) is 0 Å². The summed E-state index contributed by atoms with van der Waals surface area (Å²) in [7, 11) is 3.74. The number of carbonyl (C=O) groups is 2. The fourth-order valence-electron chi connectivity index (χ4n) is 6.21. The van der Waals surface area contributed by atoms with E-state index >= 15 is 0 Å². The molecule has 0 atom stereocenters. The average molecular weight is 567 g/mol. The lowest BCUT2D eigenvalue weighted by molar-refractivity contribution is -0.923. The maximum atomic E-state index is 13.5. The molecule has 3 rings (SSSR count). The second kappa shape index (κ2) is 16.0. The molecule has 0 fully saturated rings. The highest BCUT2D eigenvalue weighted by Gasteiger charge is 2.36. The highest BCUT2D eigenvalue weighted by atomic mass is 16.5. The third-order valence-corrected chi connectivity index (χ3v) is 8.61. The lowest BCUT2D eigenvalue weighted by Gasteiger charge is -2.35. The molecule has 0 bridgehead atoms. The van der Waals surface area contributed by atoms with E-state index in [9.17, 15) is 19.8 Å². The molecule has 41 heavy (non-hydrogen) atoms. The molecule has 0 unspecified atom stereocenters. The van der Waals surface area contributed by atoms with Crippen LogP contribution in [0.3, 0.4) is 0 Å². The van der Waals surface area contributed by atoms with Crippen LogP contribution in [-0.4, -0.2) is 53.5 Å². The topological polar surface area (TPSA) is 83.8 Å². The van der Waals surface area contributed by atoms with Crippen LogP contribution < -0.4 is 4.74 Å². The number of aromatic hydroxyl groups is 2. The van der Waals surface area contributed by atoms with E-state index in [1.54, 1.807) is 12.1 Å². The summed E-state index contributed by atoms with van der Waals surface area (Å²) in [5.41, 5.74) is 1.05. The van der Waals surface area contributed by atoms with Crippen molar-refractivity contribution >= 4 is 11.6 Å². The predicted octanol–water partition coefficient (Wildman–Crippen LogP) is 8.33. The molecule has 2 aromatic rings. The number of carbonyl (C=O) groups excluding carboxylic acids is 2. The Hall–Kier alpha value is -2.86. The normalized spacial score (nSPS) is 12.9. The van der Waals surface area contributed by atoms with Crippen LogP contribution in [0.25, 0.3) is 0 Å². The molecule has 1 aliphatic carbocycles. The number of benzene rings is 2. The largest absolute Gasteiger partial charge is 0.507 e. The number of hydrogen-bond donors (Lipinski definition) is 2. The number of hydrogen-bond acceptors (Lipinski definition) is 5. The van der Waals surface area contributed by atoms with Crippen molar-refractivity contribution in [2.75, 3.05) is 27.2 Å². The molecule has 0 aromatic heterocycles. The molecule has 0 saturated carbocycles. The monoisotopic (exact) mass is 566 g/mol. The third-order valence-electron chi connectivity index (χ3n) is 8.61. The van der Waals surface area contributed by atoms with Crippen LogP contribution in [0.5, 0.6) is 17.2 Å². The van der Waals surface area contributed by atoms with Crippen molar-refractivity contribution in [3.8, 4) is 17.2 Å². The number of unbranched alkanes of at least 4 members (excludes halogenated alkanes) is 12. The van der Waals surface area contributed by atoms with E-state index in [1.165, 1.54) is 96.3 Å². The number of quaternary nitrogens is 1. The highest BCUT2D eigenvalue weighted by molar-refractivity contribution is 6.30. The maximum absolute atomic E-state index is 13.5. The van der Waals surface area contributed by atoms with E-state index in [0.717, 1.165) is 36.0 Å². The second-order valence-corrected chi connectivity index (χ2v) is 12.2. The smallest absolute Gasteiger partial charge is 0.201 e. The van der Waals surface area contributed by atoms with Crippen LogP contribution in [0.15, 0.2) is 24.3 Å². The van der Waals surface area contributed by atoms with Crippen molar-refractivity contribution in [2.45, 2.75) is 110 Å². The Morgan fingerprint density at radius 1 is 0.634 bits per heavy atom. The molecule has 226 valence electrons. The van der Waals surface area contributed by atoms with E-state index in [2.05, 4.69) is 20.9 Å². The number of phenols is 2. The van der Waals surface area contributed by atoms with Gasteiger partial charge in [0.2, 0.25) is 5.78 Å². The van der Waals surface area contributed by atoms with Crippen molar-refractivity contribution in [3.63, 3.8) is 0 Å². The van der Waals surface area contributed by atoms with Gasteiger partial charge in [0.25, 0.3) is 0 Å². The molecule has 0 spiro atoms. The Morgan fingerprint density at radius 2 is 1.10 bits per heavy atom. The fourth-order valence-corrected chi connectivity index (χ4v) is 6.21. The van der Waals surface area contributed by atoms with E-state index in [1.807, 2.05) is 0 Å². The SMILES string of the molecule is CCCCCCCCC[N+](C)(CCCCCCCCC)Cc1cc(O)c2c(c1)C(=O)c1cc(OC)cc(O)c1C2=O. The van der Waals surface area contributed by atoms with Gasteiger partial charge in [-0.25, -0.2) is 0 Å². The highest BCUT2D eigenvalue weighted by Crippen LogP contribution is 2.39. The summed E-state index contributed by atoms with van der Waals surface area (Å²) in [5, 5.41) is 21.5. The number of phenolic OH excluding ortho intramolecular Hbond substituents is 2. The summed E-state index contributed by atoms with van der Waals surface area (Å²) in [4.78, 5) is 26.9. The van der Waals surface area contributed by atoms with Crippen LogP contribution in [-0.2, 0) is 6.54 Å². The lowest BCUT2D eigenvalue weighted by Crippen LogP contribution is -2.44. The van der Waals surface area contributed by atoms with Crippen LogP contribution >= 0.6 is 0 Å². The van der Waals surface area contributed by atoms with Gasteiger partial charge in [-0.1, -0.05) is 78.1 Å². The van der Waals surface area contributed by atoms with Crippen molar-refractivity contribution in [1.29, 1.82) is 0 Å². The minimum Gasteiger partial charge on any atom is -0.507 e. The molecule has 6 nitrogen and oxygen atoms in total. The summed E-state index contributed by atoms with van der Waals surface area (Å²) < 4.78 is 6.06. The average Bonchev–Trinajstić information content (AvgIpc) is 2.94. The quantitative estimate of drug-likeness (QED) is 0.113. The summed E-state index contributed by atoms with van der Waals surface area (Å²) in [6, 6.07) is 6.22. The van der Waals surface area contributed by atoms with Crippen molar-refractivity contribution < 1.29 is 29.0 Å². The predicted molar refractivity (Wildman–Crippen MR) is 165 cm³/mol. The standard InChI is InChI=1S/C35H51NO5/c1-5-7-9-11-13-15-17-19-36(3,20-18-16-14-12-10-8-6-2)25-26-21-28-32(30(37)22-26)35(40)33-29(34(28)39)23-27(41-4)24-31(33)38/h21-24H,5-20,25H2,1-4H3,(H-,37,38,40)/p+1. The molecule has 6 heteroatoms. The minimum atomic E-state index is -0.540. The molecular formula is C35H52NO5+. The molecule has 0 radical (unpaired) electrons. The first-order valence-corrected chi connectivity index (χ1v) is 15.9. The Kier molecular flexibility index (Phi) is 12.7. The zero-order valence-corrected chi connectivity index (χ0v) is 25.9. The first-order valence-electron chi connectivity index (χ1n) is 15.9. The Bertz CT molecular complexity index is 1150. The van der Waals surface area contributed by atoms with Gasteiger partial charge in [-0.3, -0.25) is 9.59 Å². The van der Waals surface area contributed by atoms with Gasteiger partial charge in [0.05, 0.1) is 38.4 Å². The Labute approximate surface area is 247 Å². The van der Waals surface area contributed by atoms with Gasteiger partial charge in [0, 0.05) is 22.8 Å². The number of fused-ring (bicyclic) bond motifs is 2. The van der Waals surface area contributed by atoms with E-state index in [4.69, 9.17) is 4.74 Å². The van der Waals surface area contributed by atoms with Crippen LogP contribution in [0.4, 0.5) is 0 Å². The minimum absolute atomic E-state index is 0.0277. The molecule has 2 N–H and O–H groups in total. The van der Waals surface area contributed by atoms with E-state index in [-0.39, 0.29) is 39.5 Å². The van der Waals surface area contributed by atoms with Gasteiger partial charge in [-0.05, 0) is 43.9 Å². The van der Waals surface area contributed by atoms with Crippen LogP contribution in [0.2, 0.25) is 0 Å². The Morgan fingerprint density at radius 3 is 1.61 bits per heavy atom. The first kappa shape index (κ1) is 32.7. The summed E-state index contributed by atoms with van der Waals surface area (Å²) in [5.74, 6) is -1.13. The van der Waals surface area contributed by atoms with Gasteiger partial charge >= 0.3 is 0 Å². The van der Waals surface area contributed by atoms with Crippen molar-refractivity contribution in [2.24, 2.45) is 0 Å². The van der Waals surface area contributed by atoms with E-state index in [0.29, 0.717) is 12.3 Å². The lowest BCUT2D eigenvalue weighted by atomic mass is 9.82. The van der Waals surface area contributed by atoms with Gasteiger partial charge in [0.1, 0.15) is 23.8 Å².